The largest absolute Gasteiger partial charge is 0.356 e. The molecule has 1 saturated heterocycles. The Morgan fingerprint density at radius 2 is 1.86 bits per heavy atom. The van der Waals surface area contributed by atoms with Gasteiger partial charge in [-0.1, -0.05) is 0 Å². The van der Waals surface area contributed by atoms with E-state index in [-0.39, 0.29) is 28.8 Å². The first-order valence-corrected chi connectivity index (χ1v) is 13.5. The normalized spacial score (nSPS) is 16.9. The fourth-order valence-electron chi connectivity index (χ4n) is 4.73. The number of anilines is 1. The van der Waals surface area contributed by atoms with Gasteiger partial charge in [0.15, 0.2) is 0 Å². The molecule has 2 aromatic heterocycles. The van der Waals surface area contributed by atoms with Crippen molar-refractivity contribution in [2.45, 2.75) is 36.6 Å². The number of nitrogens with one attached hydrogen (secondary N) is 3. The summed E-state index contributed by atoms with van der Waals surface area (Å²) in [5.74, 6) is 0.632. The summed E-state index contributed by atoms with van der Waals surface area (Å²) in [4.78, 5) is 40.5. The van der Waals surface area contributed by atoms with Crippen molar-refractivity contribution >= 4 is 38.7 Å². The summed E-state index contributed by atoms with van der Waals surface area (Å²) < 4.78 is 27.6. The van der Waals surface area contributed by atoms with Gasteiger partial charge in [0.05, 0.1) is 15.8 Å². The highest BCUT2D eigenvalue weighted by Gasteiger charge is 2.53. The number of amides is 2. The molecule has 0 atom stereocenters. The molecule has 3 N–H and O–H groups in total. The molecule has 2 amide bonds. The maximum atomic E-state index is 13.4. The summed E-state index contributed by atoms with van der Waals surface area (Å²) in [5, 5.41) is 3.59. The quantitative estimate of drug-likeness (QED) is 0.387. The van der Waals surface area contributed by atoms with E-state index in [9.17, 15) is 18.0 Å². The number of aromatic amines is 1. The number of H-pyrrole nitrogens is 1. The van der Waals surface area contributed by atoms with Crippen LogP contribution in [0.5, 0.6) is 0 Å². The van der Waals surface area contributed by atoms with E-state index in [1.54, 1.807) is 18.5 Å². The number of carbonyl (C=O) groups excluding carboxylic acids is 2. The minimum absolute atomic E-state index is 0.0890. The Morgan fingerprint density at radius 1 is 1.08 bits per heavy atom. The summed E-state index contributed by atoms with van der Waals surface area (Å²) in [7, 11) is -3.70. The molecule has 1 aromatic carbocycles. The second-order valence-corrected chi connectivity index (χ2v) is 11.1. The smallest absolute Gasteiger partial charge is 0.254 e. The first-order valence-electron chi connectivity index (χ1n) is 12.0. The second kappa shape index (κ2) is 9.51. The number of rotatable bonds is 8. The molecule has 1 saturated carbocycles. The highest BCUT2D eigenvalue weighted by molar-refractivity contribution is 7.89. The lowest BCUT2D eigenvalue weighted by molar-refractivity contribution is -0.118. The zero-order valence-corrected chi connectivity index (χ0v) is 20.8. The Morgan fingerprint density at radius 3 is 2.58 bits per heavy atom. The molecule has 2 fully saturated rings. The lowest BCUT2D eigenvalue weighted by Gasteiger charge is -2.42. The number of nitrogens with zero attached hydrogens (tertiary/aromatic N) is 4. The van der Waals surface area contributed by atoms with Crippen LogP contribution in [0.2, 0.25) is 0 Å². The van der Waals surface area contributed by atoms with Crippen LogP contribution in [0.3, 0.4) is 0 Å². The van der Waals surface area contributed by atoms with Crippen LogP contribution >= 0.6 is 0 Å². The molecule has 0 unspecified atom stereocenters. The Labute approximate surface area is 209 Å². The average Bonchev–Trinajstić information content (AvgIpc) is 3.44. The number of piperazine rings is 1. The van der Waals surface area contributed by atoms with E-state index in [4.69, 9.17) is 0 Å². The van der Waals surface area contributed by atoms with Crippen LogP contribution in [0.1, 0.15) is 36.5 Å². The van der Waals surface area contributed by atoms with Crippen LogP contribution in [0, 0.1) is 0 Å². The molecule has 3 heterocycles. The van der Waals surface area contributed by atoms with Crippen LogP contribution < -0.4 is 14.9 Å². The van der Waals surface area contributed by atoms with Gasteiger partial charge in [-0.15, -0.1) is 0 Å². The van der Waals surface area contributed by atoms with Gasteiger partial charge in [-0.05, 0) is 49.6 Å². The minimum Gasteiger partial charge on any atom is -0.356 e. The second-order valence-electron chi connectivity index (χ2n) is 9.30. The molecule has 1 aliphatic carbocycles. The van der Waals surface area contributed by atoms with Crippen molar-refractivity contribution in [3.05, 3.63) is 48.4 Å². The first kappa shape index (κ1) is 24.2. The van der Waals surface area contributed by atoms with Crippen molar-refractivity contribution < 1.29 is 18.0 Å². The molecule has 2 aliphatic rings. The summed E-state index contributed by atoms with van der Waals surface area (Å²) in [5.41, 5.74) is 1.03. The van der Waals surface area contributed by atoms with Gasteiger partial charge in [0.25, 0.3) is 5.91 Å². The number of carbonyl (C=O) groups is 2. The number of benzene rings is 1. The third kappa shape index (κ3) is 4.78. The Bertz CT molecular complexity index is 1380. The van der Waals surface area contributed by atoms with E-state index in [1.165, 1.54) is 19.1 Å². The average molecular weight is 512 g/mol. The highest BCUT2D eigenvalue weighted by atomic mass is 32.2. The molecule has 190 valence electrons. The van der Waals surface area contributed by atoms with Gasteiger partial charge in [-0.25, -0.2) is 23.1 Å². The highest BCUT2D eigenvalue weighted by Crippen LogP contribution is 2.46. The number of fused-ring (bicyclic) bond motifs is 1. The van der Waals surface area contributed by atoms with E-state index >= 15 is 0 Å². The van der Waals surface area contributed by atoms with Crippen LogP contribution in [-0.2, 0) is 14.8 Å². The first-order chi connectivity index (χ1) is 17.3. The van der Waals surface area contributed by atoms with E-state index in [2.05, 4.69) is 29.9 Å². The monoisotopic (exact) mass is 511 g/mol. The van der Waals surface area contributed by atoms with E-state index < -0.39 is 10.0 Å². The van der Waals surface area contributed by atoms with Crippen LogP contribution in [-0.4, -0.2) is 78.3 Å². The Kier molecular flexibility index (Phi) is 6.39. The number of aromatic nitrogens is 3. The summed E-state index contributed by atoms with van der Waals surface area (Å²) in [6.45, 7) is 3.93. The van der Waals surface area contributed by atoms with E-state index in [0.717, 1.165) is 29.7 Å². The molecule has 36 heavy (non-hydrogen) atoms. The van der Waals surface area contributed by atoms with Gasteiger partial charge in [-0.2, -0.15) is 0 Å². The zero-order valence-electron chi connectivity index (χ0n) is 20.0. The molecule has 5 rings (SSSR count). The SMILES string of the molecule is CC(=O)NCCCNS(=O)(=O)c1ccc(C(=O)N2CCN(c3ncnc4[nH]ccc34)CC23CC3)cc1. The van der Waals surface area contributed by atoms with Crippen molar-refractivity contribution in [1.82, 2.24) is 29.9 Å². The van der Waals surface area contributed by atoms with Gasteiger partial charge >= 0.3 is 0 Å². The van der Waals surface area contributed by atoms with Gasteiger partial charge in [-0.3, -0.25) is 9.59 Å². The summed E-state index contributed by atoms with van der Waals surface area (Å²) >= 11 is 0. The standard InChI is InChI=1S/C24H29N7O4S/c1-17(32)25-10-2-11-29-36(34,35)19-5-3-18(4-6-19)23(33)31-14-13-30(15-24(31)8-9-24)22-20-7-12-26-21(20)27-16-28-22/h3-7,12,16,29H,2,8-11,13-15H2,1H3,(H,25,32)(H,26,27,28). The molecule has 0 radical (unpaired) electrons. The van der Waals surface area contributed by atoms with Crippen molar-refractivity contribution in [3.8, 4) is 0 Å². The fourth-order valence-corrected chi connectivity index (χ4v) is 5.81. The van der Waals surface area contributed by atoms with Gasteiger partial charge < -0.3 is 20.1 Å². The number of hydrogen-bond donors (Lipinski definition) is 3. The van der Waals surface area contributed by atoms with Crippen LogP contribution in [0.4, 0.5) is 5.82 Å². The molecule has 1 spiro atoms. The summed E-state index contributed by atoms with van der Waals surface area (Å²) in [6.07, 6.45) is 5.73. The Hall–Kier alpha value is -3.51. The predicted octanol–water partition coefficient (Wildman–Crippen LogP) is 1.26. The lowest BCUT2D eigenvalue weighted by Crippen LogP contribution is -2.57. The molecular weight excluding hydrogens is 482 g/mol. The maximum Gasteiger partial charge on any atom is 0.254 e. The van der Waals surface area contributed by atoms with Crippen molar-refractivity contribution in [2.24, 2.45) is 0 Å². The topological polar surface area (TPSA) is 140 Å². The van der Waals surface area contributed by atoms with Crippen LogP contribution in [0.25, 0.3) is 11.0 Å². The lowest BCUT2D eigenvalue weighted by atomic mass is 10.1. The molecule has 12 heteroatoms. The number of hydrogen-bond acceptors (Lipinski definition) is 7. The molecule has 3 aromatic rings. The van der Waals surface area contributed by atoms with Crippen molar-refractivity contribution in [3.63, 3.8) is 0 Å². The molecular formula is C24H29N7O4S. The third-order valence-corrected chi connectivity index (χ3v) is 8.26. The minimum atomic E-state index is -3.70. The van der Waals surface area contributed by atoms with E-state index in [0.29, 0.717) is 38.2 Å². The fraction of sp³-hybridized carbons (Fsp3) is 0.417. The van der Waals surface area contributed by atoms with Gasteiger partial charge in [0.2, 0.25) is 15.9 Å². The molecule has 11 nitrogen and oxygen atoms in total. The van der Waals surface area contributed by atoms with Gasteiger partial charge in [0, 0.05) is 51.4 Å². The Balaban J connectivity index is 1.23. The van der Waals surface area contributed by atoms with Crippen LogP contribution in [0.15, 0.2) is 47.8 Å². The third-order valence-electron chi connectivity index (χ3n) is 6.79. The zero-order chi connectivity index (χ0) is 25.3. The number of sulfonamides is 1. The van der Waals surface area contributed by atoms with E-state index in [1.807, 2.05) is 17.2 Å². The predicted molar refractivity (Wildman–Crippen MR) is 134 cm³/mol. The van der Waals surface area contributed by atoms with Gasteiger partial charge in [0.1, 0.15) is 17.8 Å². The molecule has 0 bridgehead atoms. The summed E-state index contributed by atoms with van der Waals surface area (Å²) in [6, 6.07) is 8.04. The van der Waals surface area contributed by atoms with Crippen molar-refractivity contribution in [1.29, 1.82) is 0 Å². The maximum absolute atomic E-state index is 13.4. The van der Waals surface area contributed by atoms with Crippen molar-refractivity contribution in [2.75, 3.05) is 37.6 Å². The molecule has 1 aliphatic heterocycles.